The van der Waals surface area contributed by atoms with Crippen LogP contribution in [0.2, 0.25) is 0 Å². The maximum absolute atomic E-state index is 5.73. The monoisotopic (exact) mass is 127 g/mol. The predicted octanol–water partition coefficient (Wildman–Crippen LogP) is 0.680. The van der Waals surface area contributed by atoms with Crippen LogP contribution in [-0.2, 0) is 4.74 Å². The molecule has 1 aliphatic rings. The van der Waals surface area contributed by atoms with Gasteiger partial charge in [0.05, 0.1) is 13.2 Å². The molecule has 0 radical (unpaired) electrons. The molecule has 0 aromatic carbocycles. The molecule has 2 N–H and O–H groups in total. The molecular formula is C7H13NO. The van der Waals surface area contributed by atoms with Crippen LogP contribution < -0.4 is 5.73 Å². The van der Waals surface area contributed by atoms with Crippen LogP contribution in [0.5, 0.6) is 0 Å². The average molecular weight is 127 g/mol. The molecule has 1 saturated carbocycles. The largest absolute Gasteiger partial charge is 0.376 e. The van der Waals surface area contributed by atoms with Crippen molar-refractivity contribution in [3.63, 3.8) is 0 Å². The molecule has 1 aliphatic carbocycles. The zero-order valence-electron chi connectivity index (χ0n) is 5.60. The maximum Gasteiger partial charge on any atom is 0.0650 e. The zero-order valence-corrected chi connectivity index (χ0v) is 5.60. The lowest BCUT2D eigenvalue weighted by Gasteiger charge is -2.06. The second kappa shape index (κ2) is 2.50. The molecule has 9 heavy (non-hydrogen) atoms. The molecule has 0 saturated heterocycles. The molecule has 0 atom stereocenters. The van der Waals surface area contributed by atoms with Gasteiger partial charge in [-0.1, -0.05) is 6.08 Å². The summed E-state index contributed by atoms with van der Waals surface area (Å²) in [5.74, 6) is 0. The van der Waals surface area contributed by atoms with Gasteiger partial charge < -0.3 is 10.5 Å². The fraction of sp³-hybridized carbons (Fsp3) is 0.714. The van der Waals surface area contributed by atoms with Crippen molar-refractivity contribution in [2.24, 2.45) is 5.73 Å². The van der Waals surface area contributed by atoms with E-state index in [2.05, 4.69) is 6.58 Å². The van der Waals surface area contributed by atoms with Crippen molar-refractivity contribution in [3.05, 3.63) is 12.7 Å². The van der Waals surface area contributed by atoms with E-state index >= 15 is 0 Å². The first-order chi connectivity index (χ1) is 4.27. The number of hydrogen-bond acceptors (Lipinski definition) is 2. The Bertz CT molecular complexity index is 107. The van der Waals surface area contributed by atoms with Gasteiger partial charge in [0.1, 0.15) is 0 Å². The molecule has 52 valence electrons. The van der Waals surface area contributed by atoms with Gasteiger partial charge in [0.25, 0.3) is 0 Å². The molecule has 0 bridgehead atoms. The summed E-state index contributed by atoms with van der Waals surface area (Å²) in [4.78, 5) is 0. The molecular weight excluding hydrogens is 114 g/mol. The summed E-state index contributed by atoms with van der Waals surface area (Å²) in [6, 6.07) is 0. The van der Waals surface area contributed by atoms with E-state index in [0.717, 1.165) is 12.8 Å². The van der Waals surface area contributed by atoms with Crippen LogP contribution in [0.25, 0.3) is 0 Å². The van der Waals surface area contributed by atoms with Gasteiger partial charge >= 0.3 is 0 Å². The van der Waals surface area contributed by atoms with Crippen LogP contribution in [0, 0.1) is 0 Å². The first-order valence-corrected chi connectivity index (χ1v) is 3.24. The van der Waals surface area contributed by atoms with Gasteiger partial charge in [-0.2, -0.15) is 0 Å². The van der Waals surface area contributed by atoms with Gasteiger partial charge in [-0.3, -0.25) is 0 Å². The summed E-state index contributed by atoms with van der Waals surface area (Å²) in [7, 11) is 0. The third kappa shape index (κ3) is 2.16. The number of nitrogens with two attached hydrogens (primary N) is 1. The molecule has 0 spiro atoms. The Morgan fingerprint density at radius 2 is 2.33 bits per heavy atom. The Morgan fingerprint density at radius 1 is 1.67 bits per heavy atom. The lowest BCUT2D eigenvalue weighted by molar-refractivity contribution is 0.141. The van der Waals surface area contributed by atoms with Crippen molar-refractivity contribution in [2.45, 2.75) is 18.4 Å². The van der Waals surface area contributed by atoms with E-state index < -0.39 is 0 Å². The van der Waals surface area contributed by atoms with Gasteiger partial charge in [0, 0.05) is 5.54 Å². The minimum atomic E-state index is 0.0308. The van der Waals surface area contributed by atoms with Crippen molar-refractivity contribution in [1.29, 1.82) is 0 Å². The zero-order chi connectivity index (χ0) is 6.74. The van der Waals surface area contributed by atoms with Crippen LogP contribution in [0.1, 0.15) is 12.8 Å². The third-order valence-electron chi connectivity index (χ3n) is 1.52. The number of rotatable bonds is 4. The SMILES string of the molecule is C=CCOCC1(N)CC1. The molecule has 0 aliphatic heterocycles. The van der Waals surface area contributed by atoms with Crippen LogP contribution in [0.3, 0.4) is 0 Å². The molecule has 2 heteroatoms. The van der Waals surface area contributed by atoms with E-state index in [1.54, 1.807) is 6.08 Å². The molecule has 1 fully saturated rings. The molecule has 0 amide bonds. The molecule has 0 heterocycles. The Morgan fingerprint density at radius 3 is 2.78 bits per heavy atom. The van der Waals surface area contributed by atoms with Crippen LogP contribution in [0.15, 0.2) is 12.7 Å². The van der Waals surface area contributed by atoms with Crippen LogP contribution >= 0.6 is 0 Å². The standard InChI is InChI=1S/C7H13NO/c1-2-5-9-6-7(8)3-4-7/h2H,1,3-6,8H2. The fourth-order valence-corrected chi connectivity index (χ4v) is 0.650. The molecule has 0 aromatic rings. The molecule has 0 aromatic heterocycles. The van der Waals surface area contributed by atoms with E-state index in [4.69, 9.17) is 10.5 Å². The third-order valence-corrected chi connectivity index (χ3v) is 1.52. The quantitative estimate of drug-likeness (QED) is 0.445. The number of hydrogen-bond donors (Lipinski definition) is 1. The molecule has 1 rings (SSSR count). The molecule has 0 unspecified atom stereocenters. The summed E-state index contributed by atoms with van der Waals surface area (Å²) in [5.41, 5.74) is 5.76. The van der Waals surface area contributed by atoms with Crippen molar-refractivity contribution < 1.29 is 4.74 Å². The first-order valence-electron chi connectivity index (χ1n) is 3.24. The van der Waals surface area contributed by atoms with Crippen LogP contribution in [-0.4, -0.2) is 18.8 Å². The van der Waals surface area contributed by atoms with Gasteiger partial charge in [0.2, 0.25) is 0 Å². The maximum atomic E-state index is 5.73. The summed E-state index contributed by atoms with van der Waals surface area (Å²) in [5, 5.41) is 0. The highest BCUT2D eigenvalue weighted by Crippen LogP contribution is 2.31. The minimum Gasteiger partial charge on any atom is -0.376 e. The summed E-state index contributed by atoms with van der Waals surface area (Å²) in [6.45, 7) is 4.85. The predicted molar refractivity (Wildman–Crippen MR) is 37.2 cm³/mol. The second-order valence-electron chi connectivity index (χ2n) is 2.67. The van der Waals surface area contributed by atoms with E-state index in [1.807, 2.05) is 0 Å². The minimum absolute atomic E-state index is 0.0308. The Kier molecular flexibility index (Phi) is 1.88. The van der Waals surface area contributed by atoms with E-state index in [-0.39, 0.29) is 5.54 Å². The topological polar surface area (TPSA) is 35.2 Å². The Labute approximate surface area is 55.7 Å². The Hall–Kier alpha value is -0.340. The van der Waals surface area contributed by atoms with Gasteiger partial charge in [0.15, 0.2) is 0 Å². The normalized spacial score (nSPS) is 21.4. The smallest absolute Gasteiger partial charge is 0.0650 e. The lowest BCUT2D eigenvalue weighted by atomic mass is 10.3. The van der Waals surface area contributed by atoms with Gasteiger partial charge in [-0.25, -0.2) is 0 Å². The van der Waals surface area contributed by atoms with Gasteiger partial charge in [-0.15, -0.1) is 6.58 Å². The molecule has 2 nitrogen and oxygen atoms in total. The average Bonchev–Trinajstić information content (AvgIpc) is 2.50. The first kappa shape index (κ1) is 6.78. The van der Waals surface area contributed by atoms with E-state index in [1.165, 1.54) is 0 Å². The highest BCUT2D eigenvalue weighted by Gasteiger charge is 2.38. The summed E-state index contributed by atoms with van der Waals surface area (Å²) < 4.78 is 5.17. The summed E-state index contributed by atoms with van der Waals surface area (Å²) >= 11 is 0. The highest BCUT2D eigenvalue weighted by molar-refractivity contribution is 4.98. The van der Waals surface area contributed by atoms with Crippen LogP contribution in [0.4, 0.5) is 0 Å². The second-order valence-corrected chi connectivity index (χ2v) is 2.67. The van der Waals surface area contributed by atoms with Crippen molar-refractivity contribution in [3.8, 4) is 0 Å². The van der Waals surface area contributed by atoms with E-state index in [9.17, 15) is 0 Å². The number of ether oxygens (including phenoxy) is 1. The highest BCUT2D eigenvalue weighted by atomic mass is 16.5. The van der Waals surface area contributed by atoms with E-state index in [0.29, 0.717) is 13.2 Å². The van der Waals surface area contributed by atoms with Gasteiger partial charge in [-0.05, 0) is 12.8 Å². The van der Waals surface area contributed by atoms with Crippen molar-refractivity contribution in [2.75, 3.05) is 13.2 Å². The summed E-state index contributed by atoms with van der Waals surface area (Å²) in [6.07, 6.45) is 3.97. The van der Waals surface area contributed by atoms with Crippen molar-refractivity contribution in [1.82, 2.24) is 0 Å². The Balaban J connectivity index is 1.98. The lowest BCUT2D eigenvalue weighted by Crippen LogP contribution is -2.28. The fourth-order valence-electron chi connectivity index (χ4n) is 0.650. The van der Waals surface area contributed by atoms with Crippen molar-refractivity contribution >= 4 is 0 Å².